The lowest BCUT2D eigenvalue weighted by Crippen LogP contribution is -2.13. The van der Waals surface area contributed by atoms with Gasteiger partial charge in [0.2, 0.25) is 0 Å². The van der Waals surface area contributed by atoms with Crippen LogP contribution in [-0.2, 0) is 0 Å². The number of aryl methyl sites for hydroxylation is 1. The number of pyridine rings is 1. The molecule has 0 unspecified atom stereocenters. The van der Waals surface area contributed by atoms with Crippen molar-refractivity contribution in [3.8, 4) is 0 Å². The molecule has 0 atom stereocenters. The van der Waals surface area contributed by atoms with Gasteiger partial charge < -0.3 is 5.73 Å². The number of hydrazone groups is 1. The molecule has 1 aliphatic rings. The van der Waals surface area contributed by atoms with Gasteiger partial charge in [-0.15, -0.1) is 12.4 Å². The van der Waals surface area contributed by atoms with Gasteiger partial charge in [0, 0.05) is 12.1 Å². The molecule has 0 amide bonds. The highest BCUT2D eigenvalue weighted by molar-refractivity contribution is 5.85. The number of halogens is 1. The molecule has 1 aromatic heterocycles. The number of aromatic nitrogens is 1. The van der Waals surface area contributed by atoms with Crippen LogP contribution in [-0.4, -0.2) is 17.4 Å². The van der Waals surface area contributed by atoms with Gasteiger partial charge in [-0.1, -0.05) is 6.07 Å². The molecule has 14 heavy (non-hydrogen) atoms. The van der Waals surface area contributed by atoms with Crippen LogP contribution >= 0.6 is 12.4 Å². The van der Waals surface area contributed by atoms with Crippen LogP contribution in [0.4, 0.5) is 5.82 Å². The second-order valence-electron chi connectivity index (χ2n) is 3.10. The second-order valence-corrected chi connectivity index (χ2v) is 3.10. The summed E-state index contributed by atoms with van der Waals surface area (Å²) in [4.78, 5) is 4.35. The maximum Gasteiger partial charge on any atom is 0.149 e. The summed E-state index contributed by atoms with van der Waals surface area (Å²) >= 11 is 0. The number of rotatable bonds is 1. The molecule has 0 fully saturated rings. The Hall–Kier alpha value is -1.29. The monoisotopic (exact) mass is 212 g/mol. The summed E-state index contributed by atoms with van der Waals surface area (Å²) < 4.78 is 0. The van der Waals surface area contributed by atoms with Crippen LogP contribution in [0, 0.1) is 6.92 Å². The Morgan fingerprint density at radius 1 is 1.43 bits per heavy atom. The lowest BCUT2D eigenvalue weighted by molar-refractivity contribution is 0.890. The molecule has 0 aliphatic carbocycles. The van der Waals surface area contributed by atoms with Gasteiger partial charge in [0.05, 0.1) is 6.54 Å². The molecule has 0 spiro atoms. The van der Waals surface area contributed by atoms with Crippen LogP contribution in [0.2, 0.25) is 0 Å². The number of anilines is 1. The van der Waals surface area contributed by atoms with Crippen molar-refractivity contribution in [1.29, 1.82) is 0 Å². The molecule has 2 heterocycles. The molecule has 5 heteroatoms. The number of nitrogens with two attached hydrogens (primary N) is 1. The quantitative estimate of drug-likeness (QED) is 0.764. The van der Waals surface area contributed by atoms with Crippen LogP contribution < -0.4 is 10.7 Å². The Labute approximate surface area is 89.2 Å². The van der Waals surface area contributed by atoms with Crippen LogP contribution in [0.25, 0.3) is 0 Å². The number of nitrogens with zero attached hydrogens (tertiary/aromatic N) is 3. The Kier molecular flexibility index (Phi) is 3.30. The largest absolute Gasteiger partial charge is 0.386 e. The Balaban J connectivity index is 0.000000980. The molecule has 2 rings (SSSR count). The van der Waals surface area contributed by atoms with E-state index in [0.717, 1.165) is 24.5 Å². The van der Waals surface area contributed by atoms with Crippen molar-refractivity contribution in [3.05, 3.63) is 23.9 Å². The molecule has 4 nitrogen and oxygen atoms in total. The van der Waals surface area contributed by atoms with Crippen molar-refractivity contribution in [2.24, 2.45) is 10.8 Å². The number of hydrogen-bond donors (Lipinski definition) is 1. The highest BCUT2D eigenvalue weighted by atomic mass is 35.5. The molecular weight excluding hydrogens is 200 g/mol. The predicted octanol–water partition coefficient (Wildman–Crippen LogP) is 1.29. The molecule has 1 aliphatic heterocycles. The molecule has 0 radical (unpaired) electrons. The van der Waals surface area contributed by atoms with Crippen molar-refractivity contribution < 1.29 is 0 Å². The molecule has 0 aromatic carbocycles. The highest BCUT2D eigenvalue weighted by Gasteiger charge is 2.13. The van der Waals surface area contributed by atoms with Crippen molar-refractivity contribution in [2.75, 3.05) is 11.6 Å². The van der Waals surface area contributed by atoms with E-state index in [-0.39, 0.29) is 12.4 Å². The first kappa shape index (κ1) is 10.8. The van der Waals surface area contributed by atoms with Gasteiger partial charge in [0.15, 0.2) is 0 Å². The van der Waals surface area contributed by atoms with E-state index in [2.05, 4.69) is 10.1 Å². The Bertz CT molecular complexity index is 350. The topological polar surface area (TPSA) is 54.5 Å². The van der Waals surface area contributed by atoms with Crippen molar-refractivity contribution >= 4 is 24.1 Å². The number of hydrogen-bond acceptors (Lipinski definition) is 4. The van der Waals surface area contributed by atoms with E-state index < -0.39 is 0 Å². The minimum atomic E-state index is 0. The molecule has 0 bridgehead atoms. The van der Waals surface area contributed by atoms with Gasteiger partial charge in [-0.2, -0.15) is 5.10 Å². The van der Waals surface area contributed by atoms with Crippen molar-refractivity contribution in [2.45, 2.75) is 13.3 Å². The summed E-state index contributed by atoms with van der Waals surface area (Å²) in [5.74, 6) is 1.56. The minimum Gasteiger partial charge on any atom is -0.386 e. The van der Waals surface area contributed by atoms with Crippen LogP contribution in [0.5, 0.6) is 0 Å². The van der Waals surface area contributed by atoms with Crippen LogP contribution in [0.1, 0.15) is 12.1 Å². The first-order valence-corrected chi connectivity index (χ1v) is 4.30. The van der Waals surface area contributed by atoms with Crippen LogP contribution in [0.3, 0.4) is 0 Å². The summed E-state index contributed by atoms with van der Waals surface area (Å²) in [6, 6.07) is 5.88. The summed E-state index contributed by atoms with van der Waals surface area (Å²) in [6.07, 6.45) is 0.829. The predicted molar refractivity (Wildman–Crippen MR) is 59.8 cm³/mol. The summed E-state index contributed by atoms with van der Waals surface area (Å²) in [7, 11) is 0. The normalized spacial score (nSPS) is 14.9. The Morgan fingerprint density at radius 2 is 2.21 bits per heavy atom. The van der Waals surface area contributed by atoms with Gasteiger partial charge in [0.1, 0.15) is 11.7 Å². The van der Waals surface area contributed by atoms with E-state index in [4.69, 9.17) is 5.73 Å². The average molecular weight is 213 g/mol. The summed E-state index contributed by atoms with van der Waals surface area (Å²) in [6.45, 7) is 2.80. The SMILES string of the molecule is Cc1cccc(N2CCC(N)=N2)n1.Cl. The first-order valence-electron chi connectivity index (χ1n) is 4.30. The zero-order valence-electron chi connectivity index (χ0n) is 7.97. The zero-order chi connectivity index (χ0) is 9.26. The average Bonchev–Trinajstić information content (AvgIpc) is 2.52. The fourth-order valence-corrected chi connectivity index (χ4v) is 1.31. The highest BCUT2D eigenvalue weighted by Crippen LogP contribution is 2.15. The standard InChI is InChI=1S/C9H12N4.ClH/c1-7-3-2-4-9(11-7)13-6-5-8(10)12-13;/h2-4H,5-6H2,1H3,(H2,10,12);1H. The Morgan fingerprint density at radius 3 is 2.79 bits per heavy atom. The van der Waals surface area contributed by atoms with Crippen LogP contribution in [0.15, 0.2) is 23.3 Å². The zero-order valence-corrected chi connectivity index (χ0v) is 8.79. The van der Waals surface area contributed by atoms with Gasteiger partial charge >= 0.3 is 0 Å². The van der Waals surface area contributed by atoms with Gasteiger partial charge in [-0.25, -0.2) is 9.99 Å². The van der Waals surface area contributed by atoms with Crippen molar-refractivity contribution in [1.82, 2.24) is 4.98 Å². The van der Waals surface area contributed by atoms with Gasteiger partial charge in [-0.05, 0) is 19.1 Å². The van der Waals surface area contributed by atoms with E-state index >= 15 is 0 Å². The third-order valence-electron chi connectivity index (χ3n) is 1.97. The molecule has 2 N–H and O–H groups in total. The second kappa shape index (κ2) is 4.28. The molecule has 1 aromatic rings. The van der Waals surface area contributed by atoms with Gasteiger partial charge in [0.25, 0.3) is 0 Å². The van der Waals surface area contributed by atoms with E-state index in [1.165, 1.54) is 0 Å². The maximum absolute atomic E-state index is 5.58. The van der Waals surface area contributed by atoms with E-state index in [0.29, 0.717) is 5.84 Å². The first-order chi connectivity index (χ1) is 6.25. The lowest BCUT2D eigenvalue weighted by atomic mass is 10.3. The smallest absolute Gasteiger partial charge is 0.149 e. The fourth-order valence-electron chi connectivity index (χ4n) is 1.31. The molecule has 76 valence electrons. The van der Waals surface area contributed by atoms with E-state index in [1.54, 1.807) is 0 Å². The lowest BCUT2D eigenvalue weighted by Gasteiger charge is -2.11. The molecule has 0 saturated carbocycles. The molecular formula is C9H13ClN4. The van der Waals surface area contributed by atoms with Gasteiger partial charge in [-0.3, -0.25) is 0 Å². The van der Waals surface area contributed by atoms with E-state index in [1.807, 2.05) is 30.1 Å². The third kappa shape index (κ3) is 2.14. The van der Waals surface area contributed by atoms with Crippen molar-refractivity contribution in [3.63, 3.8) is 0 Å². The minimum absolute atomic E-state index is 0. The summed E-state index contributed by atoms with van der Waals surface area (Å²) in [5, 5.41) is 6.00. The summed E-state index contributed by atoms with van der Waals surface area (Å²) in [5.41, 5.74) is 6.58. The maximum atomic E-state index is 5.58. The fraction of sp³-hybridized carbons (Fsp3) is 0.333. The molecule has 0 saturated heterocycles. The van der Waals surface area contributed by atoms with E-state index in [9.17, 15) is 0 Å². The number of amidine groups is 1. The third-order valence-corrected chi connectivity index (χ3v) is 1.97.